The Balaban J connectivity index is 1.61. The number of ether oxygens (including phenoxy) is 3. The van der Waals surface area contributed by atoms with E-state index in [1.165, 1.54) is 12.3 Å². The minimum Gasteiger partial charge on any atom is -0.497 e. The van der Waals surface area contributed by atoms with Crippen molar-refractivity contribution in [3.63, 3.8) is 0 Å². The Hall–Kier alpha value is -4.06. The van der Waals surface area contributed by atoms with Crippen LogP contribution in [0, 0.1) is 0 Å². The molecule has 0 amide bonds. The molecule has 1 aromatic heterocycles. The lowest BCUT2D eigenvalue weighted by atomic mass is 10.1. The second-order valence-corrected chi connectivity index (χ2v) is 6.48. The van der Waals surface area contributed by atoms with Gasteiger partial charge in [0.15, 0.2) is 5.43 Å². The zero-order chi connectivity index (χ0) is 21.1. The van der Waals surface area contributed by atoms with Crippen LogP contribution in [0.1, 0.15) is 10.4 Å². The van der Waals surface area contributed by atoms with E-state index in [0.717, 1.165) is 5.56 Å². The Labute approximate surface area is 172 Å². The summed E-state index contributed by atoms with van der Waals surface area (Å²) in [5.41, 5.74) is 1.70. The fraction of sp³-hybridized carbons (Fsp3) is 0.0833. The van der Waals surface area contributed by atoms with E-state index >= 15 is 0 Å². The SMILES string of the molecule is COc1ccc(C(=O)Oc2ccc3c(=O)c(-c4ccc(OC)cc4)coc3c2)cc1. The molecule has 0 unspecified atom stereocenters. The molecule has 0 N–H and O–H groups in total. The van der Waals surface area contributed by atoms with Crippen LogP contribution >= 0.6 is 0 Å². The maximum atomic E-state index is 12.9. The Kier molecular flexibility index (Phi) is 5.22. The summed E-state index contributed by atoms with van der Waals surface area (Å²) in [6, 6.07) is 18.4. The highest BCUT2D eigenvalue weighted by molar-refractivity contribution is 5.92. The smallest absolute Gasteiger partial charge is 0.343 e. The summed E-state index contributed by atoms with van der Waals surface area (Å²) in [5.74, 6) is 1.11. The number of fused-ring (bicyclic) bond motifs is 1. The lowest BCUT2D eigenvalue weighted by molar-refractivity contribution is 0.0735. The maximum Gasteiger partial charge on any atom is 0.343 e. The number of methoxy groups -OCH3 is 2. The van der Waals surface area contributed by atoms with Gasteiger partial charge in [-0.15, -0.1) is 0 Å². The molecule has 0 saturated carbocycles. The second kappa shape index (κ2) is 8.13. The van der Waals surface area contributed by atoms with Crippen LogP contribution in [-0.2, 0) is 0 Å². The molecule has 0 aliphatic rings. The molecule has 0 aliphatic heterocycles. The third kappa shape index (κ3) is 3.75. The van der Waals surface area contributed by atoms with Crippen molar-refractivity contribution in [2.75, 3.05) is 14.2 Å². The van der Waals surface area contributed by atoms with Crippen molar-refractivity contribution in [1.82, 2.24) is 0 Å². The van der Waals surface area contributed by atoms with Gasteiger partial charge >= 0.3 is 5.97 Å². The van der Waals surface area contributed by atoms with Gasteiger partial charge in [0.2, 0.25) is 0 Å². The summed E-state index contributed by atoms with van der Waals surface area (Å²) >= 11 is 0. The molecule has 0 atom stereocenters. The number of carbonyl (C=O) groups is 1. The summed E-state index contributed by atoms with van der Waals surface area (Å²) in [6.07, 6.45) is 1.40. The van der Waals surface area contributed by atoms with Crippen LogP contribution in [0.5, 0.6) is 17.2 Å². The van der Waals surface area contributed by atoms with Gasteiger partial charge in [-0.1, -0.05) is 12.1 Å². The van der Waals surface area contributed by atoms with Crippen molar-refractivity contribution in [2.45, 2.75) is 0 Å². The van der Waals surface area contributed by atoms with E-state index < -0.39 is 5.97 Å². The lowest BCUT2D eigenvalue weighted by Crippen LogP contribution is -2.09. The second-order valence-electron chi connectivity index (χ2n) is 6.48. The van der Waals surface area contributed by atoms with Crippen LogP contribution in [0.25, 0.3) is 22.1 Å². The lowest BCUT2D eigenvalue weighted by Gasteiger charge is -2.07. The zero-order valence-corrected chi connectivity index (χ0v) is 16.4. The van der Waals surface area contributed by atoms with Crippen molar-refractivity contribution in [3.8, 4) is 28.4 Å². The van der Waals surface area contributed by atoms with E-state index in [9.17, 15) is 9.59 Å². The first kappa shape index (κ1) is 19.3. The van der Waals surface area contributed by atoms with E-state index in [2.05, 4.69) is 0 Å². The van der Waals surface area contributed by atoms with Gasteiger partial charge in [0, 0.05) is 6.07 Å². The molecule has 30 heavy (non-hydrogen) atoms. The standard InChI is InChI=1S/C24H18O6/c1-27-17-7-3-15(4-8-17)21-14-29-22-13-19(11-12-20(22)23(21)25)30-24(26)16-5-9-18(28-2)10-6-16/h3-14H,1-2H3. The van der Waals surface area contributed by atoms with Crippen LogP contribution in [-0.4, -0.2) is 20.2 Å². The topological polar surface area (TPSA) is 75.0 Å². The van der Waals surface area contributed by atoms with Crippen molar-refractivity contribution < 1.29 is 23.4 Å². The quantitative estimate of drug-likeness (QED) is 0.356. The average Bonchev–Trinajstić information content (AvgIpc) is 2.79. The minimum absolute atomic E-state index is 0.172. The number of carbonyl (C=O) groups excluding carboxylic acids is 1. The van der Waals surface area contributed by atoms with Crippen LogP contribution in [0.3, 0.4) is 0 Å². The van der Waals surface area contributed by atoms with Crippen LogP contribution < -0.4 is 19.6 Å². The van der Waals surface area contributed by atoms with Gasteiger partial charge in [-0.2, -0.15) is 0 Å². The van der Waals surface area contributed by atoms with E-state index in [-0.39, 0.29) is 11.2 Å². The van der Waals surface area contributed by atoms with E-state index in [1.54, 1.807) is 74.9 Å². The monoisotopic (exact) mass is 402 g/mol. The molecular weight excluding hydrogens is 384 g/mol. The number of rotatable bonds is 5. The molecule has 0 aliphatic carbocycles. The number of esters is 1. The third-order valence-corrected chi connectivity index (χ3v) is 4.68. The van der Waals surface area contributed by atoms with E-state index in [0.29, 0.717) is 33.6 Å². The predicted octanol–water partition coefficient (Wildman–Crippen LogP) is 4.70. The molecular formula is C24H18O6. The molecule has 3 aromatic carbocycles. The Morgan fingerprint density at radius 3 is 2.03 bits per heavy atom. The Morgan fingerprint density at radius 1 is 0.800 bits per heavy atom. The highest BCUT2D eigenvalue weighted by Gasteiger charge is 2.13. The van der Waals surface area contributed by atoms with Gasteiger partial charge in [-0.25, -0.2) is 4.79 Å². The first-order valence-electron chi connectivity index (χ1n) is 9.15. The highest BCUT2D eigenvalue weighted by Crippen LogP contribution is 2.25. The molecule has 1 heterocycles. The average molecular weight is 402 g/mol. The maximum absolute atomic E-state index is 12.9. The third-order valence-electron chi connectivity index (χ3n) is 4.68. The van der Waals surface area contributed by atoms with Crippen LogP contribution in [0.15, 0.2) is 82.2 Å². The molecule has 4 aromatic rings. The molecule has 0 bridgehead atoms. The van der Waals surface area contributed by atoms with Crippen LogP contribution in [0.2, 0.25) is 0 Å². The van der Waals surface area contributed by atoms with E-state index in [1.807, 2.05) is 0 Å². The Bertz CT molecular complexity index is 1250. The van der Waals surface area contributed by atoms with Gasteiger partial charge in [0.1, 0.15) is 29.1 Å². The molecule has 4 rings (SSSR count). The fourth-order valence-electron chi connectivity index (χ4n) is 3.04. The van der Waals surface area contributed by atoms with E-state index in [4.69, 9.17) is 18.6 Å². The fourth-order valence-corrected chi connectivity index (χ4v) is 3.04. The number of benzene rings is 3. The first-order valence-corrected chi connectivity index (χ1v) is 9.15. The van der Waals surface area contributed by atoms with Gasteiger partial charge in [0.25, 0.3) is 0 Å². The van der Waals surface area contributed by atoms with Gasteiger partial charge < -0.3 is 18.6 Å². The van der Waals surface area contributed by atoms with Crippen LogP contribution in [0.4, 0.5) is 0 Å². The number of hydrogen-bond donors (Lipinski definition) is 0. The summed E-state index contributed by atoms with van der Waals surface area (Å²) in [6.45, 7) is 0. The van der Waals surface area contributed by atoms with Crippen molar-refractivity contribution in [2.24, 2.45) is 0 Å². The van der Waals surface area contributed by atoms with Crippen molar-refractivity contribution in [3.05, 3.63) is 88.8 Å². The zero-order valence-electron chi connectivity index (χ0n) is 16.4. The molecule has 0 radical (unpaired) electrons. The van der Waals surface area contributed by atoms with Gasteiger partial charge in [0.05, 0.1) is 30.7 Å². The molecule has 0 spiro atoms. The molecule has 6 nitrogen and oxygen atoms in total. The minimum atomic E-state index is -0.519. The Morgan fingerprint density at radius 2 is 1.40 bits per heavy atom. The van der Waals surface area contributed by atoms with Crippen molar-refractivity contribution >= 4 is 16.9 Å². The summed E-state index contributed by atoms with van der Waals surface area (Å²) < 4.78 is 21.3. The van der Waals surface area contributed by atoms with Gasteiger partial charge in [-0.3, -0.25) is 4.79 Å². The molecule has 6 heteroatoms. The predicted molar refractivity (Wildman–Crippen MR) is 112 cm³/mol. The summed E-state index contributed by atoms with van der Waals surface area (Å²) in [7, 11) is 3.13. The summed E-state index contributed by atoms with van der Waals surface area (Å²) in [5, 5.41) is 0.396. The van der Waals surface area contributed by atoms with Crippen molar-refractivity contribution in [1.29, 1.82) is 0 Å². The first-order chi connectivity index (χ1) is 14.6. The molecule has 0 saturated heterocycles. The number of hydrogen-bond acceptors (Lipinski definition) is 6. The summed E-state index contributed by atoms with van der Waals surface area (Å²) in [4.78, 5) is 25.2. The van der Waals surface area contributed by atoms with Gasteiger partial charge in [-0.05, 0) is 54.1 Å². The normalized spacial score (nSPS) is 10.6. The highest BCUT2D eigenvalue weighted by atomic mass is 16.5. The molecule has 150 valence electrons. The molecule has 0 fully saturated rings. The largest absolute Gasteiger partial charge is 0.497 e.